The molecular formula is C12H15N5O2. The van der Waals surface area contributed by atoms with Crippen molar-refractivity contribution in [3.63, 3.8) is 0 Å². The predicted molar refractivity (Wildman–Crippen MR) is 71.2 cm³/mol. The van der Waals surface area contributed by atoms with Gasteiger partial charge in [-0.1, -0.05) is 13.8 Å². The molecule has 7 heteroatoms. The normalized spacial score (nSPS) is 10.6. The van der Waals surface area contributed by atoms with E-state index in [-0.39, 0.29) is 11.5 Å². The Labute approximate surface area is 110 Å². The first-order chi connectivity index (χ1) is 9.05. The summed E-state index contributed by atoms with van der Waals surface area (Å²) in [4.78, 5) is 14.5. The number of hydrogen-bond donors (Lipinski definition) is 1. The average Bonchev–Trinajstić information content (AvgIpc) is 2.81. The SMILES string of the molecule is CCc1cc(CC)n(-c2cc([N+](=O)[O-])cc(N)n2)n1. The van der Waals surface area contributed by atoms with Crippen LogP contribution in [0.2, 0.25) is 0 Å². The number of nitrogen functional groups attached to an aromatic ring is 1. The van der Waals surface area contributed by atoms with Crippen LogP contribution < -0.4 is 5.73 Å². The largest absolute Gasteiger partial charge is 0.383 e. The maximum absolute atomic E-state index is 10.8. The van der Waals surface area contributed by atoms with Crippen LogP contribution in [0.1, 0.15) is 25.2 Å². The van der Waals surface area contributed by atoms with Crippen LogP contribution in [0, 0.1) is 10.1 Å². The second-order valence-electron chi connectivity index (χ2n) is 4.11. The highest BCUT2D eigenvalue weighted by Crippen LogP contribution is 2.20. The van der Waals surface area contributed by atoms with Gasteiger partial charge in [-0.15, -0.1) is 0 Å². The van der Waals surface area contributed by atoms with Crippen LogP contribution in [0.3, 0.4) is 0 Å². The third-order valence-corrected chi connectivity index (χ3v) is 2.80. The molecule has 0 fully saturated rings. The first-order valence-corrected chi connectivity index (χ1v) is 6.05. The van der Waals surface area contributed by atoms with Gasteiger partial charge in [-0.2, -0.15) is 5.10 Å². The first kappa shape index (κ1) is 13.0. The number of nitrogens with two attached hydrogens (primary N) is 1. The molecule has 2 aromatic heterocycles. The molecule has 0 aliphatic carbocycles. The number of anilines is 1. The minimum atomic E-state index is -0.489. The van der Waals surface area contributed by atoms with Gasteiger partial charge >= 0.3 is 0 Å². The van der Waals surface area contributed by atoms with Gasteiger partial charge in [0, 0.05) is 5.69 Å². The minimum Gasteiger partial charge on any atom is -0.383 e. The van der Waals surface area contributed by atoms with Crippen molar-refractivity contribution in [1.29, 1.82) is 0 Å². The molecule has 0 saturated carbocycles. The lowest BCUT2D eigenvalue weighted by Crippen LogP contribution is -2.06. The fourth-order valence-electron chi connectivity index (χ4n) is 1.83. The zero-order valence-corrected chi connectivity index (χ0v) is 10.8. The summed E-state index contributed by atoms with van der Waals surface area (Å²) in [5.74, 6) is 0.489. The smallest absolute Gasteiger partial charge is 0.276 e. The third-order valence-electron chi connectivity index (χ3n) is 2.80. The first-order valence-electron chi connectivity index (χ1n) is 6.05. The number of nitrogens with zero attached hydrogens (tertiary/aromatic N) is 4. The van der Waals surface area contributed by atoms with Gasteiger partial charge in [0.25, 0.3) is 5.69 Å². The molecule has 0 atom stereocenters. The van der Waals surface area contributed by atoms with E-state index in [2.05, 4.69) is 10.1 Å². The summed E-state index contributed by atoms with van der Waals surface area (Å²) in [5, 5.41) is 15.2. The molecule has 0 unspecified atom stereocenters. The molecule has 7 nitrogen and oxygen atoms in total. The van der Waals surface area contributed by atoms with E-state index >= 15 is 0 Å². The zero-order valence-electron chi connectivity index (χ0n) is 10.8. The second-order valence-corrected chi connectivity index (χ2v) is 4.11. The van der Waals surface area contributed by atoms with Crippen molar-refractivity contribution in [3.8, 4) is 5.82 Å². The lowest BCUT2D eigenvalue weighted by Gasteiger charge is -2.05. The lowest BCUT2D eigenvalue weighted by atomic mass is 10.2. The Morgan fingerprint density at radius 1 is 1.32 bits per heavy atom. The Morgan fingerprint density at radius 2 is 2.05 bits per heavy atom. The van der Waals surface area contributed by atoms with Crippen molar-refractivity contribution in [2.24, 2.45) is 0 Å². The van der Waals surface area contributed by atoms with Gasteiger partial charge in [0.2, 0.25) is 0 Å². The molecule has 2 N–H and O–H groups in total. The van der Waals surface area contributed by atoms with Gasteiger partial charge in [-0.05, 0) is 18.9 Å². The topological polar surface area (TPSA) is 99.9 Å². The molecule has 0 saturated heterocycles. The fraction of sp³-hybridized carbons (Fsp3) is 0.333. The van der Waals surface area contributed by atoms with Gasteiger partial charge in [0.05, 0.1) is 22.7 Å². The van der Waals surface area contributed by atoms with Gasteiger partial charge in [-0.25, -0.2) is 9.67 Å². The number of rotatable bonds is 4. The lowest BCUT2D eigenvalue weighted by molar-refractivity contribution is -0.384. The van der Waals surface area contributed by atoms with Gasteiger partial charge in [0.15, 0.2) is 5.82 Å². The van der Waals surface area contributed by atoms with Crippen molar-refractivity contribution in [2.75, 3.05) is 5.73 Å². The number of aryl methyl sites for hydroxylation is 2. The molecule has 0 amide bonds. The molecule has 0 radical (unpaired) electrons. The summed E-state index contributed by atoms with van der Waals surface area (Å²) in [5.41, 5.74) is 7.39. The number of aromatic nitrogens is 3. The summed E-state index contributed by atoms with van der Waals surface area (Å²) in [7, 11) is 0. The molecule has 0 bridgehead atoms. The molecule has 2 aromatic rings. The number of nitro groups is 1. The van der Waals surface area contributed by atoms with Crippen LogP contribution in [0.25, 0.3) is 5.82 Å². The van der Waals surface area contributed by atoms with Gasteiger partial charge < -0.3 is 5.73 Å². The van der Waals surface area contributed by atoms with Crippen LogP contribution in [0.4, 0.5) is 11.5 Å². The highest BCUT2D eigenvalue weighted by Gasteiger charge is 2.14. The average molecular weight is 261 g/mol. The maximum Gasteiger partial charge on any atom is 0.276 e. The Bertz CT molecular complexity index is 621. The molecule has 2 heterocycles. The van der Waals surface area contributed by atoms with Crippen LogP contribution in [0.5, 0.6) is 0 Å². The zero-order chi connectivity index (χ0) is 14.0. The van der Waals surface area contributed by atoms with E-state index in [1.165, 1.54) is 12.1 Å². The summed E-state index contributed by atoms with van der Waals surface area (Å²) < 4.78 is 1.61. The van der Waals surface area contributed by atoms with E-state index in [9.17, 15) is 10.1 Å². The van der Waals surface area contributed by atoms with Gasteiger partial charge in [0.1, 0.15) is 5.82 Å². The standard InChI is InChI=1S/C12H15N5O2/c1-3-8-5-9(4-2)16(15-8)12-7-10(17(18)19)6-11(13)14-12/h5-7H,3-4H2,1-2H3,(H2,13,14). The summed E-state index contributed by atoms with van der Waals surface area (Å²) in [6, 6.07) is 4.58. The van der Waals surface area contributed by atoms with Crippen molar-refractivity contribution >= 4 is 11.5 Å². The Kier molecular flexibility index (Phi) is 3.46. The molecular weight excluding hydrogens is 246 g/mol. The Hall–Kier alpha value is -2.44. The number of pyridine rings is 1. The molecule has 19 heavy (non-hydrogen) atoms. The second kappa shape index (κ2) is 5.05. The minimum absolute atomic E-state index is 0.0851. The Morgan fingerprint density at radius 3 is 2.63 bits per heavy atom. The van der Waals surface area contributed by atoms with Crippen molar-refractivity contribution < 1.29 is 4.92 Å². The molecule has 0 aliphatic heterocycles. The highest BCUT2D eigenvalue weighted by atomic mass is 16.6. The van der Waals surface area contributed by atoms with Crippen LogP contribution in [-0.4, -0.2) is 19.7 Å². The monoisotopic (exact) mass is 261 g/mol. The summed E-state index contributed by atoms with van der Waals surface area (Å²) in [6.07, 6.45) is 1.56. The molecule has 2 rings (SSSR count). The van der Waals surface area contributed by atoms with E-state index in [4.69, 9.17) is 5.73 Å². The third kappa shape index (κ3) is 2.54. The van der Waals surface area contributed by atoms with E-state index in [1.807, 2.05) is 19.9 Å². The van der Waals surface area contributed by atoms with Crippen LogP contribution in [0.15, 0.2) is 18.2 Å². The van der Waals surface area contributed by atoms with E-state index < -0.39 is 4.92 Å². The molecule has 0 aromatic carbocycles. The number of hydrogen-bond acceptors (Lipinski definition) is 5. The van der Waals surface area contributed by atoms with E-state index in [1.54, 1.807) is 4.68 Å². The van der Waals surface area contributed by atoms with Crippen molar-refractivity contribution in [3.05, 3.63) is 39.7 Å². The van der Waals surface area contributed by atoms with Crippen LogP contribution >= 0.6 is 0 Å². The highest BCUT2D eigenvalue weighted by molar-refractivity contribution is 5.48. The van der Waals surface area contributed by atoms with Gasteiger partial charge in [-0.3, -0.25) is 10.1 Å². The quantitative estimate of drug-likeness (QED) is 0.669. The van der Waals surface area contributed by atoms with E-state index in [0.717, 1.165) is 24.2 Å². The Balaban J connectivity index is 2.57. The molecule has 100 valence electrons. The van der Waals surface area contributed by atoms with E-state index in [0.29, 0.717) is 5.82 Å². The molecule has 0 spiro atoms. The summed E-state index contributed by atoms with van der Waals surface area (Å²) in [6.45, 7) is 4.00. The fourth-order valence-corrected chi connectivity index (χ4v) is 1.83. The summed E-state index contributed by atoms with van der Waals surface area (Å²) >= 11 is 0. The van der Waals surface area contributed by atoms with Crippen LogP contribution in [-0.2, 0) is 12.8 Å². The molecule has 0 aliphatic rings. The maximum atomic E-state index is 10.8. The predicted octanol–water partition coefficient (Wildman–Crippen LogP) is 1.88. The van der Waals surface area contributed by atoms with Crippen molar-refractivity contribution in [1.82, 2.24) is 14.8 Å². The van der Waals surface area contributed by atoms with Crippen molar-refractivity contribution in [2.45, 2.75) is 26.7 Å².